The molecular formula is C16H13Cl2F2N3O5. The SMILES string of the molecule is O=C(Nc1ccn(C2OC(CO)C(O)C2(F)F)c(=O)n1)c1ccc(Cl)c(Cl)c1. The van der Waals surface area contributed by atoms with Crippen LogP contribution in [0.1, 0.15) is 16.6 Å². The molecule has 3 atom stereocenters. The second-order valence-corrected chi connectivity index (χ2v) is 6.73. The van der Waals surface area contributed by atoms with Crippen molar-refractivity contribution in [1.82, 2.24) is 9.55 Å². The topological polar surface area (TPSA) is 114 Å². The fourth-order valence-electron chi connectivity index (χ4n) is 2.61. The van der Waals surface area contributed by atoms with E-state index in [1.165, 1.54) is 18.2 Å². The number of aliphatic hydroxyl groups excluding tert-OH is 2. The number of rotatable bonds is 4. The summed E-state index contributed by atoms with van der Waals surface area (Å²) in [5, 5.41) is 21.3. The highest BCUT2D eigenvalue weighted by atomic mass is 35.5. The zero-order valence-corrected chi connectivity index (χ0v) is 15.4. The van der Waals surface area contributed by atoms with E-state index in [4.69, 9.17) is 33.0 Å². The first-order valence-electron chi connectivity index (χ1n) is 7.83. The summed E-state index contributed by atoms with van der Waals surface area (Å²) in [6, 6.07) is 5.22. The van der Waals surface area contributed by atoms with Crippen LogP contribution in [-0.2, 0) is 4.74 Å². The van der Waals surface area contributed by atoms with Crippen molar-refractivity contribution in [3.05, 3.63) is 56.6 Å². The second-order valence-electron chi connectivity index (χ2n) is 5.91. The highest BCUT2D eigenvalue weighted by Gasteiger charge is 2.59. The predicted molar refractivity (Wildman–Crippen MR) is 94.9 cm³/mol. The summed E-state index contributed by atoms with van der Waals surface area (Å²) in [5.74, 6) is -4.68. The van der Waals surface area contributed by atoms with Gasteiger partial charge in [-0.15, -0.1) is 0 Å². The number of hydrogen-bond donors (Lipinski definition) is 3. The van der Waals surface area contributed by atoms with E-state index in [2.05, 4.69) is 10.3 Å². The van der Waals surface area contributed by atoms with Gasteiger partial charge in [-0.05, 0) is 24.3 Å². The number of halogens is 4. The minimum absolute atomic E-state index is 0.139. The van der Waals surface area contributed by atoms with Crippen LogP contribution in [0.2, 0.25) is 10.0 Å². The zero-order chi connectivity index (χ0) is 20.6. The molecule has 3 unspecified atom stereocenters. The predicted octanol–water partition coefficient (Wildman–Crippen LogP) is 1.69. The smallest absolute Gasteiger partial charge is 0.351 e. The third kappa shape index (κ3) is 3.74. The quantitative estimate of drug-likeness (QED) is 0.673. The molecule has 2 heterocycles. The molecule has 0 aliphatic carbocycles. The molecule has 1 amide bonds. The molecule has 150 valence electrons. The maximum Gasteiger partial charge on any atom is 0.351 e. The Morgan fingerprint density at radius 2 is 2.04 bits per heavy atom. The molecule has 1 aliphatic rings. The van der Waals surface area contributed by atoms with Crippen molar-refractivity contribution in [2.75, 3.05) is 11.9 Å². The Bertz CT molecular complexity index is 972. The second kappa shape index (κ2) is 7.72. The van der Waals surface area contributed by atoms with Gasteiger partial charge in [-0.2, -0.15) is 13.8 Å². The van der Waals surface area contributed by atoms with Crippen LogP contribution < -0.4 is 11.0 Å². The van der Waals surface area contributed by atoms with Crippen molar-refractivity contribution in [1.29, 1.82) is 0 Å². The Balaban J connectivity index is 1.82. The lowest BCUT2D eigenvalue weighted by molar-refractivity contribution is -0.140. The minimum atomic E-state index is -3.83. The summed E-state index contributed by atoms with van der Waals surface area (Å²) in [6.45, 7) is -0.854. The molecule has 8 nitrogen and oxygen atoms in total. The molecule has 1 saturated heterocycles. The zero-order valence-electron chi connectivity index (χ0n) is 13.9. The van der Waals surface area contributed by atoms with Gasteiger partial charge in [0, 0.05) is 11.8 Å². The first kappa shape index (κ1) is 20.6. The Labute approximate surface area is 166 Å². The van der Waals surface area contributed by atoms with Crippen LogP contribution in [0.25, 0.3) is 0 Å². The number of carbonyl (C=O) groups is 1. The highest BCUT2D eigenvalue weighted by molar-refractivity contribution is 6.42. The maximum atomic E-state index is 14.1. The molecule has 0 saturated carbocycles. The molecule has 12 heteroatoms. The minimum Gasteiger partial charge on any atom is -0.394 e. The van der Waals surface area contributed by atoms with Crippen LogP contribution >= 0.6 is 23.2 Å². The molecule has 3 N–H and O–H groups in total. The van der Waals surface area contributed by atoms with Crippen molar-refractivity contribution in [2.24, 2.45) is 0 Å². The average molecular weight is 436 g/mol. The van der Waals surface area contributed by atoms with E-state index in [0.29, 0.717) is 4.57 Å². The van der Waals surface area contributed by atoms with E-state index >= 15 is 0 Å². The Kier molecular flexibility index (Phi) is 5.69. The summed E-state index contributed by atoms with van der Waals surface area (Å²) in [5.41, 5.74) is -1.01. The number of amides is 1. The highest BCUT2D eigenvalue weighted by Crippen LogP contribution is 2.41. The fourth-order valence-corrected chi connectivity index (χ4v) is 2.90. The van der Waals surface area contributed by atoms with Crippen molar-refractivity contribution in [3.63, 3.8) is 0 Å². The van der Waals surface area contributed by atoms with Crippen molar-refractivity contribution in [3.8, 4) is 0 Å². The van der Waals surface area contributed by atoms with Gasteiger partial charge in [-0.1, -0.05) is 23.2 Å². The van der Waals surface area contributed by atoms with Gasteiger partial charge < -0.3 is 20.3 Å². The number of aromatic nitrogens is 2. The molecular weight excluding hydrogens is 423 g/mol. The van der Waals surface area contributed by atoms with E-state index in [1.54, 1.807) is 0 Å². The lowest BCUT2D eigenvalue weighted by atomic mass is 10.1. The van der Waals surface area contributed by atoms with Gasteiger partial charge in [0.25, 0.3) is 5.91 Å². The Hall–Kier alpha value is -2.11. The number of nitrogens with one attached hydrogen (secondary N) is 1. The summed E-state index contributed by atoms with van der Waals surface area (Å²) in [7, 11) is 0. The maximum absolute atomic E-state index is 14.1. The fraction of sp³-hybridized carbons (Fsp3) is 0.312. The molecule has 0 bridgehead atoms. The number of aliphatic hydroxyl groups is 2. The number of benzene rings is 1. The number of nitrogens with zero attached hydrogens (tertiary/aromatic N) is 2. The lowest BCUT2D eigenvalue weighted by Crippen LogP contribution is -2.41. The molecule has 0 spiro atoms. The van der Waals surface area contributed by atoms with Gasteiger partial charge in [0.1, 0.15) is 11.9 Å². The normalized spacial score (nSPS) is 23.6. The number of hydrogen-bond acceptors (Lipinski definition) is 6. The Morgan fingerprint density at radius 3 is 2.61 bits per heavy atom. The molecule has 1 aliphatic heterocycles. The first-order chi connectivity index (χ1) is 13.1. The van der Waals surface area contributed by atoms with Gasteiger partial charge in [-0.3, -0.25) is 9.36 Å². The number of alkyl halides is 2. The van der Waals surface area contributed by atoms with Gasteiger partial charge in [0.15, 0.2) is 6.10 Å². The molecule has 1 aromatic heterocycles. The number of ether oxygens (including phenoxy) is 1. The van der Waals surface area contributed by atoms with E-state index in [-0.39, 0.29) is 21.4 Å². The molecule has 1 aromatic carbocycles. The number of carbonyl (C=O) groups excluding carboxylic acids is 1. The number of anilines is 1. The van der Waals surface area contributed by atoms with Crippen LogP contribution in [0.3, 0.4) is 0 Å². The summed E-state index contributed by atoms with van der Waals surface area (Å²) in [6.07, 6.45) is -5.06. The van der Waals surface area contributed by atoms with Gasteiger partial charge in [-0.25, -0.2) is 4.79 Å². The Morgan fingerprint density at radius 1 is 1.32 bits per heavy atom. The van der Waals surface area contributed by atoms with Crippen LogP contribution in [0, 0.1) is 0 Å². The summed E-state index contributed by atoms with van der Waals surface area (Å²) >= 11 is 11.6. The molecule has 28 heavy (non-hydrogen) atoms. The monoisotopic (exact) mass is 435 g/mol. The van der Waals surface area contributed by atoms with E-state index in [0.717, 1.165) is 12.3 Å². The molecule has 2 aromatic rings. The van der Waals surface area contributed by atoms with Crippen LogP contribution in [-0.4, -0.2) is 50.4 Å². The van der Waals surface area contributed by atoms with E-state index < -0.39 is 42.6 Å². The molecule has 1 fully saturated rings. The van der Waals surface area contributed by atoms with Crippen molar-refractivity contribution >= 4 is 34.9 Å². The third-order valence-corrected chi connectivity index (χ3v) is 4.80. The average Bonchev–Trinajstić information content (AvgIpc) is 2.87. The summed E-state index contributed by atoms with van der Waals surface area (Å²) < 4.78 is 33.6. The van der Waals surface area contributed by atoms with Gasteiger partial charge >= 0.3 is 11.6 Å². The van der Waals surface area contributed by atoms with E-state index in [9.17, 15) is 23.5 Å². The standard InChI is InChI=1S/C16H13Cl2F2N3O5/c17-8-2-1-7(5-9(8)18)13(26)21-11-3-4-23(15(27)22-11)14-16(19,20)12(25)10(6-24)28-14/h1-5,10,12,14,24-25H,6H2,(H,21,22,26,27). The first-order valence-corrected chi connectivity index (χ1v) is 8.58. The third-order valence-electron chi connectivity index (χ3n) is 4.07. The van der Waals surface area contributed by atoms with E-state index in [1.807, 2.05) is 0 Å². The molecule has 3 rings (SSSR count). The van der Waals surface area contributed by atoms with Gasteiger partial charge in [0.05, 0.1) is 16.7 Å². The van der Waals surface area contributed by atoms with Crippen LogP contribution in [0.4, 0.5) is 14.6 Å². The van der Waals surface area contributed by atoms with Crippen LogP contribution in [0.15, 0.2) is 35.3 Å². The summed E-state index contributed by atoms with van der Waals surface area (Å²) in [4.78, 5) is 27.9. The van der Waals surface area contributed by atoms with Crippen LogP contribution in [0.5, 0.6) is 0 Å². The lowest BCUT2D eigenvalue weighted by Gasteiger charge is -2.21. The van der Waals surface area contributed by atoms with Gasteiger partial charge in [0.2, 0.25) is 6.23 Å². The van der Waals surface area contributed by atoms with Crippen molar-refractivity contribution < 1.29 is 28.5 Å². The largest absolute Gasteiger partial charge is 0.394 e. The van der Waals surface area contributed by atoms with Crippen molar-refractivity contribution in [2.45, 2.75) is 24.4 Å². The molecule has 0 radical (unpaired) electrons.